The number of halogens is 1. The summed E-state index contributed by atoms with van der Waals surface area (Å²) in [6, 6.07) is 11.0. The SMILES string of the molecule is CC(NC(=O)/C=C/c1ccc(-c2cccc(Cl)c2)s1)C(=O)NC(C)(C)C. The Balaban J connectivity index is 1.95. The zero-order chi connectivity index (χ0) is 19.3. The van der Waals surface area contributed by atoms with E-state index in [0.717, 1.165) is 15.3 Å². The van der Waals surface area contributed by atoms with Crippen LogP contribution in [0.3, 0.4) is 0 Å². The molecular weight excluding hydrogens is 368 g/mol. The van der Waals surface area contributed by atoms with Crippen LogP contribution in [0.4, 0.5) is 0 Å². The Bertz CT molecular complexity index is 821. The molecular formula is C20H23ClN2O2S. The number of hydrogen-bond acceptors (Lipinski definition) is 3. The molecule has 2 N–H and O–H groups in total. The Morgan fingerprint density at radius 1 is 1.19 bits per heavy atom. The smallest absolute Gasteiger partial charge is 0.244 e. The lowest BCUT2D eigenvalue weighted by atomic mass is 10.1. The average molecular weight is 391 g/mol. The van der Waals surface area contributed by atoms with Crippen LogP contribution in [0, 0.1) is 0 Å². The van der Waals surface area contributed by atoms with Crippen molar-refractivity contribution in [2.75, 3.05) is 0 Å². The molecule has 0 saturated heterocycles. The second-order valence-electron chi connectivity index (χ2n) is 7.02. The first kappa shape index (κ1) is 20.2. The fraction of sp³-hybridized carbons (Fsp3) is 0.300. The molecule has 0 aliphatic carbocycles. The largest absolute Gasteiger partial charge is 0.350 e. The number of thiophene rings is 1. The Hall–Kier alpha value is -2.11. The zero-order valence-electron chi connectivity index (χ0n) is 15.3. The first-order chi connectivity index (χ1) is 12.1. The summed E-state index contributed by atoms with van der Waals surface area (Å²) in [6.07, 6.45) is 3.18. The van der Waals surface area contributed by atoms with Crippen LogP contribution in [0.5, 0.6) is 0 Å². The third kappa shape index (κ3) is 6.32. The molecule has 0 saturated carbocycles. The lowest BCUT2D eigenvalue weighted by Gasteiger charge is -2.23. The van der Waals surface area contributed by atoms with Gasteiger partial charge in [0.15, 0.2) is 0 Å². The van der Waals surface area contributed by atoms with Crippen molar-refractivity contribution in [1.29, 1.82) is 0 Å². The highest BCUT2D eigenvalue weighted by atomic mass is 35.5. The van der Waals surface area contributed by atoms with Crippen LogP contribution in [0.2, 0.25) is 5.02 Å². The first-order valence-electron chi connectivity index (χ1n) is 8.30. The van der Waals surface area contributed by atoms with Crippen LogP contribution in [-0.4, -0.2) is 23.4 Å². The first-order valence-corrected chi connectivity index (χ1v) is 9.50. The second-order valence-corrected chi connectivity index (χ2v) is 8.57. The van der Waals surface area contributed by atoms with Gasteiger partial charge in [-0.3, -0.25) is 9.59 Å². The van der Waals surface area contributed by atoms with Gasteiger partial charge in [-0.05, 0) is 63.6 Å². The van der Waals surface area contributed by atoms with Crippen LogP contribution in [0.15, 0.2) is 42.5 Å². The number of carbonyl (C=O) groups is 2. The summed E-state index contributed by atoms with van der Waals surface area (Å²) in [4.78, 5) is 26.0. The summed E-state index contributed by atoms with van der Waals surface area (Å²) in [5, 5.41) is 6.20. The third-order valence-corrected chi connectivity index (χ3v) is 4.72. The molecule has 6 heteroatoms. The van der Waals surface area contributed by atoms with Gasteiger partial charge in [0, 0.05) is 26.4 Å². The standard InChI is InChI=1S/C20H23ClN2O2S/c1-13(19(25)23-20(2,3)4)22-18(24)11-9-16-8-10-17(26-16)14-6-5-7-15(21)12-14/h5-13H,1-4H3,(H,22,24)(H,23,25)/b11-9+. The fourth-order valence-corrected chi connectivity index (χ4v) is 3.30. The van der Waals surface area contributed by atoms with E-state index in [1.54, 1.807) is 24.3 Å². The second kappa shape index (κ2) is 8.52. The summed E-state index contributed by atoms with van der Waals surface area (Å²) in [5.41, 5.74) is 0.707. The maximum atomic E-state index is 12.0. The predicted octanol–water partition coefficient (Wildman–Crippen LogP) is 4.50. The van der Waals surface area contributed by atoms with Gasteiger partial charge < -0.3 is 10.6 Å². The highest BCUT2D eigenvalue weighted by Crippen LogP contribution is 2.30. The Kier molecular flexibility index (Phi) is 6.62. The molecule has 0 aliphatic heterocycles. The lowest BCUT2D eigenvalue weighted by molar-refractivity contribution is -0.127. The van der Waals surface area contributed by atoms with E-state index in [9.17, 15) is 9.59 Å². The minimum absolute atomic E-state index is 0.210. The van der Waals surface area contributed by atoms with Gasteiger partial charge in [0.1, 0.15) is 6.04 Å². The average Bonchev–Trinajstić information content (AvgIpc) is 3.00. The van der Waals surface area contributed by atoms with Gasteiger partial charge in [0.05, 0.1) is 0 Å². The van der Waals surface area contributed by atoms with E-state index in [1.807, 2.05) is 57.2 Å². The van der Waals surface area contributed by atoms with Gasteiger partial charge in [0.25, 0.3) is 0 Å². The van der Waals surface area contributed by atoms with Crippen molar-refractivity contribution in [1.82, 2.24) is 10.6 Å². The zero-order valence-corrected chi connectivity index (χ0v) is 16.9. The maximum Gasteiger partial charge on any atom is 0.244 e. The van der Waals surface area contributed by atoms with E-state index < -0.39 is 6.04 Å². The molecule has 26 heavy (non-hydrogen) atoms. The number of nitrogens with one attached hydrogen (secondary N) is 2. The predicted molar refractivity (Wildman–Crippen MR) is 109 cm³/mol. The van der Waals surface area contributed by atoms with Gasteiger partial charge in [-0.25, -0.2) is 0 Å². The number of carbonyl (C=O) groups excluding carboxylic acids is 2. The summed E-state index contributed by atoms with van der Waals surface area (Å²) < 4.78 is 0. The number of rotatable bonds is 5. The molecule has 0 spiro atoms. The van der Waals surface area contributed by atoms with Crippen molar-refractivity contribution in [2.45, 2.75) is 39.3 Å². The van der Waals surface area contributed by atoms with E-state index in [0.29, 0.717) is 5.02 Å². The summed E-state index contributed by atoms with van der Waals surface area (Å²) in [5.74, 6) is -0.516. The lowest BCUT2D eigenvalue weighted by Crippen LogP contribution is -2.50. The molecule has 0 bridgehead atoms. The van der Waals surface area contributed by atoms with Gasteiger partial charge in [-0.15, -0.1) is 11.3 Å². The van der Waals surface area contributed by atoms with Crippen LogP contribution < -0.4 is 10.6 Å². The molecule has 0 fully saturated rings. The number of hydrogen-bond donors (Lipinski definition) is 2. The van der Waals surface area contributed by atoms with Gasteiger partial charge in [0.2, 0.25) is 11.8 Å². The highest BCUT2D eigenvalue weighted by Gasteiger charge is 2.19. The fourth-order valence-electron chi connectivity index (χ4n) is 2.20. The molecule has 1 aromatic carbocycles. The van der Waals surface area contributed by atoms with Crippen molar-refractivity contribution >= 4 is 40.8 Å². The van der Waals surface area contributed by atoms with E-state index in [4.69, 9.17) is 11.6 Å². The van der Waals surface area contributed by atoms with Gasteiger partial charge in [-0.1, -0.05) is 23.7 Å². The van der Waals surface area contributed by atoms with Crippen molar-refractivity contribution in [3.05, 3.63) is 52.4 Å². The van der Waals surface area contributed by atoms with E-state index in [2.05, 4.69) is 10.6 Å². The van der Waals surface area contributed by atoms with E-state index >= 15 is 0 Å². The molecule has 138 valence electrons. The van der Waals surface area contributed by atoms with Crippen molar-refractivity contribution in [3.63, 3.8) is 0 Å². The van der Waals surface area contributed by atoms with Crippen molar-refractivity contribution in [3.8, 4) is 10.4 Å². The Morgan fingerprint density at radius 2 is 1.92 bits per heavy atom. The minimum atomic E-state index is -0.600. The summed E-state index contributed by atoms with van der Waals surface area (Å²) in [7, 11) is 0. The van der Waals surface area contributed by atoms with Crippen LogP contribution >= 0.6 is 22.9 Å². The summed E-state index contributed by atoms with van der Waals surface area (Å²) in [6.45, 7) is 7.35. The molecule has 4 nitrogen and oxygen atoms in total. The molecule has 1 aromatic heterocycles. The van der Waals surface area contributed by atoms with E-state index in [-0.39, 0.29) is 17.4 Å². The molecule has 2 amide bonds. The quantitative estimate of drug-likeness (QED) is 0.738. The molecule has 1 unspecified atom stereocenters. The topological polar surface area (TPSA) is 58.2 Å². The van der Waals surface area contributed by atoms with Crippen LogP contribution in [0.25, 0.3) is 16.5 Å². The van der Waals surface area contributed by atoms with Crippen LogP contribution in [0.1, 0.15) is 32.6 Å². The van der Waals surface area contributed by atoms with Crippen LogP contribution in [-0.2, 0) is 9.59 Å². The van der Waals surface area contributed by atoms with Gasteiger partial charge in [-0.2, -0.15) is 0 Å². The minimum Gasteiger partial charge on any atom is -0.350 e. The van der Waals surface area contributed by atoms with E-state index in [1.165, 1.54) is 6.08 Å². The molecule has 0 radical (unpaired) electrons. The number of benzene rings is 1. The number of amides is 2. The van der Waals surface area contributed by atoms with Gasteiger partial charge >= 0.3 is 0 Å². The maximum absolute atomic E-state index is 12.0. The molecule has 0 aliphatic rings. The molecule has 1 atom stereocenters. The molecule has 1 heterocycles. The molecule has 2 rings (SSSR count). The Labute approximate surface area is 163 Å². The monoisotopic (exact) mass is 390 g/mol. The van der Waals surface area contributed by atoms with Crippen molar-refractivity contribution < 1.29 is 9.59 Å². The van der Waals surface area contributed by atoms with Crippen molar-refractivity contribution in [2.24, 2.45) is 0 Å². The molecule has 2 aromatic rings. The third-order valence-electron chi connectivity index (χ3n) is 3.39. The normalized spacial score (nSPS) is 12.8. The summed E-state index contributed by atoms with van der Waals surface area (Å²) >= 11 is 7.59. The Morgan fingerprint density at radius 3 is 2.58 bits per heavy atom. The highest BCUT2D eigenvalue weighted by molar-refractivity contribution is 7.16.